The molecule has 0 radical (unpaired) electrons. The van der Waals surface area contributed by atoms with Gasteiger partial charge < -0.3 is 11.1 Å². The van der Waals surface area contributed by atoms with E-state index in [4.69, 9.17) is 17.3 Å². The van der Waals surface area contributed by atoms with Crippen LogP contribution in [0.3, 0.4) is 0 Å². The number of hydrogen-bond donors (Lipinski definition) is 2. The number of nitrogens with one attached hydrogen (secondary N) is 1. The van der Waals surface area contributed by atoms with Crippen LogP contribution in [0.1, 0.15) is 15.9 Å². The number of carbonyl (C=O) groups excluding carboxylic acids is 1. The molecule has 0 aliphatic carbocycles. The van der Waals surface area contributed by atoms with Gasteiger partial charge in [0.2, 0.25) is 0 Å². The number of benzene rings is 1. The number of amides is 1. The van der Waals surface area contributed by atoms with Gasteiger partial charge in [-0.3, -0.25) is 4.79 Å². The largest absolute Gasteiger partial charge is 0.382 e. The lowest BCUT2D eigenvalue weighted by atomic mass is 10.2. The fraction of sp³-hybridized carbons (Fsp3) is 0.0769. The first-order valence-electron chi connectivity index (χ1n) is 5.56. The monoisotopic (exact) mass is 357 g/mol. The molecule has 1 amide bonds. The van der Waals surface area contributed by atoms with Crippen LogP contribution in [-0.2, 0) is 0 Å². The molecule has 0 aliphatic heterocycles. The lowest BCUT2D eigenvalue weighted by Crippen LogP contribution is -2.13. The highest BCUT2D eigenvalue weighted by molar-refractivity contribution is 9.10. The fourth-order valence-corrected chi connectivity index (χ4v) is 2.17. The summed E-state index contributed by atoms with van der Waals surface area (Å²) in [4.78, 5) is 15.8. The highest BCUT2D eigenvalue weighted by atomic mass is 79.9. The third-order valence-corrected chi connectivity index (χ3v) is 3.56. The van der Waals surface area contributed by atoms with Gasteiger partial charge in [-0.15, -0.1) is 0 Å². The van der Waals surface area contributed by atoms with Crippen LogP contribution in [-0.4, -0.2) is 10.9 Å². The molecular formula is C13H10BrClFN3O. The van der Waals surface area contributed by atoms with Crippen LogP contribution in [0.4, 0.5) is 15.9 Å². The van der Waals surface area contributed by atoms with Crippen molar-refractivity contribution in [2.75, 3.05) is 11.1 Å². The third-order valence-electron chi connectivity index (χ3n) is 2.65. The van der Waals surface area contributed by atoms with Crippen molar-refractivity contribution in [1.29, 1.82) is 0 Å². The summed E-state index contributed by atoms with van der Waals surface area (Å²) in [7, 11) is 0. The Bertz CT molecular complexity index is 694. The Balaban J connectivity index is 2.27. The van der Waals surface area contributed by atoms with E-state index in [0.717, 1.165) is 5.56 Å². The van der Waals surface area contributed by atoms with Crippen molar-refractivity contribution in [1.82, 2.24) is 4.98 Å². The first-order chi connectivity index (χ1) is 9.38. The second kappa shape index (κ2) is 5.76. The summed E-state index contributed by atoms with van der Waals surface area (Å²) in [5.74, 6) is -0.752. The predicted molar refractivity (Wildman–Crippen MR) is 80.4 cm³/mol. The molecule has 3 N–H and O–H groups in total. The molecule has 0 saturated heterocycles. The molecule has 1 aromatic heterocycles. The van der Waals surface area contributed by atoms with Crippen molar-refractivity contribution in [3.63, 3.8) is 0 Å². The number of nitrogens with two attached hydrogens (primary N) is 1. The van der Waals surface area contributed by atoms with E-state index in [1.807, 2.05) is 0 Å². The number of nitrogen functional groups attached to an aromatic ring is 1. The van der Waals surface area contributed by atoms with Crippen molar-refractivity contribution in [3.8, 4) is 0 Å². The van der Waals surface area contributed by atoms with Gasteiger partial charge in [0.15, 0.2) is 0 Å². The van der Waals surface area contributed by atoms with Gasteiger partial charge >= 0.3 is 0 Å². The topological polar surface area (TPSA) is 68.0 Å². The summed E-state index contributed by atoms with van der Waals surface area (Å²) in [6, 6.07) is 4.23. The Kier molecular flexibility index (Phi) is 4.25. The number of rotatable bonds is 2. The summed E-state index contributed by atoms with van der Waals surface area (Å²) in [5.41, 5.74) is 6.82. The smallest absolute Gasteiger partial charge is 0.257 e. The minimum absolute atomic E-state index is 0.147. The van der Waals surface area contributed by atoms with Crippen molar-refractivity contribution in [2.24, 2.45) is 0 Å². The Labute approximate surface area is 128 Å². The van der Waals surface area contributed by atoms with Crippen LogP contribution < -0.4 is 11.1 Å². The predicted octanol–water partition coefficient (Wildman–Crippen LogP) is 3.78. The quantitative estimate of drug-likeness (QED) is 0.858. The van der Waals surface area contributed by atoms with Crippen molar-refractivity contribution >= 4 is 44.9 Å². The first kappa shape index (κ1) is 14.7. The molecule has 0 aliphatic rings. The molecule has 0 bridgehead atoms. The van der Waals surface area contributed by atoms with Crippen LogP contribution in [0.25, 0.3) is 0 Å². The minimum atomic E-state index is -0.459. The number of hydrogen-bond acceptors (Lipinski definition) is 3. The SMILES string of the molecule is Cc1cc(Br)c(F)cc1NC(=O)c1cnc(N)c(Cl)c1. The minimum Gasteiger partial charge on any atom is -0.382 e. The summed E-state index contributed by atoms with van der Waals surface area (Å²) >= 11 is 8.88. The van der Waals surface area contributed by atoms with E-state index >= 15 is 0 Å². The zero-order chi connectivity index (χ0) is 14.9. The van der Waals surface area contributed by atoms with Crippen molar-refractivity contribution in [2.45, 2.75) is 6.92 Å². The Morgan fingerprint density at radius 2 is 2.15 bits per heavy atom. The van der Waals surface area contributed by atoms with Crippen LogP contribution in [0.15, 0.2) is 28.9 Å². The van der Waals surface area contributed by atoms with Gasteiger partial charge in [0.05, 0.1) is 15.1 Å². The van der Waals surface area contributed by atoms with Gasteiger partial charge in [-0.25, -0.2) is 9.37 Å². The van der Waals surface area contributed by atoms with Gasteiger partial charge in [-0.2, -0.15) is 0 Å². The molecule has 2 aromatic rings. The number of nitrogens with zero attached hydrogens (tertiary/aromatic N) is 1. The molecule has 0 atom stereocenters. The number of aromatic nitrogens is 1. The van der Waals surface area contributed by atoms with Gasteiger partial charge in [0.1, 0.15) is 11.6 Å². The maximum atomic E-state index is 13.5. The second-order valence-corrected chi connectivity index (χ2v) is 5.39. The molecule has 2 rings (SSSR count). The summed E-state index contributed by atoms with van der Waals surface area (Å²) in [6.07, 6.45) is 1.31. The van der Waals surface area contributed by atoms with Gasteiger partial charge in [-0.05, 0) is 46.6 Å². The van der Waals surface area contributed by atoms with E-state index in [1.165, 1.54) is 18.3 Å². The van der Waals surface area contributed by atoms with E-state index in [0.29, 0.717) is 10.2 Å². The highest BCUT2D eigenvalue weighted by Crippen LogP contribution is 2.25. The lowest BCUT2D eigenvalue weighted by Gasteiger charge is -2.10. The highest BCUT2D eigenvalue weighted by Gasteiger charge is 2.12. The standard InChI is InChI=1S/C13H10BrClFN3O/c1-6-2-8(14)10(16)4-11(6)19-13(20)7-3-9(15)12(17)18-5-7/h2-5H,1H3,(H2,17,18)(H,19,20). The number of halogens is 3. The zero-order valence-corrected chi connectivity index (χ0v) is 12.7. The van der Waals surface area contributed by atoms with Crippen LogP contribution in [0.2, 0.25) is 5.02 Å². The molecule has 0 fully saturated rings. The van der Waals surface area contributed by atoms with E-state index in [1.54, 1.807) is 13.0 Å². The van der Waals surface area contributed by atoms with Crippen LogP contribution >= 0.6 is 27.5 Å². The number of aryl methyl sites for hydroxylation is 1. The molecule has 20 heavy (non-hydrogen) atoms. The molecule has 0 saturated carbocycles. The van der Waals surface area contributed by atoms with Crippen LogP contribution in [0, 0.1) is 12.7 Å². The summed E-state index contributed by atoms with van der Waals surface area (Å²) in [6.45, 7) is 1.76. The Morgan fingerprint density at radius 1 is 1.45 bits per heavy atom. The molecular weight excluding hydrogens is 349 g/mol. The average molecular weight is 359 g/mol. The molecule has 0 spiro atoms. The number of carbonyl (C=O) groups is 1. The van der Waals surface area contributed by atoms with Crippen molar-refractivity contribution in [3.05, 3.63) is 50.8 Å². The van der Waals surface area contributed by atoms with E-state index < -0.39 is 11.7 Å². The maximum Gasteiger partial charge on any atom is 0.257 e. The number of anilines is 2. The third kappa shape index (κ3) is 3.08. The van der Waals surface area contributed by atoms with E-state index in [9.17, 15) is 9.18 Å². The van der Waals surface area contributed by atoms with Crippen LogP contribution in [0.5, 0.6) is 0 Å². The first-order valence-corrected chi connectivity index (χ1v) is 6.73. The van der Waals surface area contributed by atoms with Gasteiger partial charge in [0.25, 0.3) is 5.91 Å². The molecule has 0 unspecified atom stereocenters. The number of pyridine rings is 1. The zero-order valence-electron chi connectivity index (χ0n) is 10.4. The Hall–Kier alpha value is -1.66. The normalized spacial score (nSPS) is 10.4. The molecule has 7 heteroatoms. The molecule has 104 valence electrons. The Morgan fingerprint density at radius 3 is 2.80 bits per heavy atom. The fourth-order valence-electron chi connectivity index (χ4n) is 1.55. The maximum absolute atomic E-state index is 13.5. The summed E-state index contributed by atoms with van der Waals surface area (Å²) < 4.78 is 13.8. The molecule has 1 heterocycles. The van der Waals surface area contributed by atoms with Gasteiger partial charge in [-0.1, -0.05) is 11.6 Å². The molecule has 1 aromatic carbocycles. The second-order valence-electron chi connectivity index (χ2n) is 4.13. The van der Waals surface area contributed by atoms with E-state index in [-0.39, 0.29) is 16.4 Å². The van der Waals surface area contributed by atoms with Gasteiger partial charge in [0, 0.05) is 11.9 Å². The summed E-state index contributed by atoms with van der Waals surface area (Å²) in [5, 5.41) is 2.79. The molecule has 4 nitrogen and oxygen atoms in total. The average Bonchev–Trinajstić information content (AvgIpc) is 2.39. The van der Waals surface area contributed by atoms with E-state index in [2.05, 4.69) is 26.2 Å². The van der Waals surface area contributed by atoms with Crippen molar-refractivity contribution < 1.29 is 9.18 Å². The lowest BCUT2D eigenvalue weighted by molar-refractivity contribution is 0.102.